The lowest BCUT2D eigenvalue weighted by molar-refractivity contribution is 0.344. The van der Waals surface area contributed by atoms with Crippen LogP contribution in [0.5, 0.6) is 0 Å². The van der Waals surface area contributed by atoms with E-state index in [1.165, 1.54) is 38.9 Å². The fourth-order valence-electron chi connectivity index (χ4n) is 1.90. The van der Waals surface area contributed by atoms with Gasteiger partial charge in [0, 0.05) is 13.1 Å². The van der Waals surface area contributed by atoms with E-state index in [0.29, 0.717) is 0 Å². The minimum Gasteiger partial charge on any atom is -0.316 e. The molecule has 0 aliphatic carbocycles. The maximum atomic E-state index is 3.49. The molecule has 0 aromatic carbocycles. The van der Waals surface area contributed by atoms with E-state index in [9.17, 15) is 0 Å². The van der Waals surface area contributed by atoms with Gasteiger partial charge in [-0.05, 0) is 58.9 Å². The molecule has 0 aromatic heterocycles. The van der Waals surface area contributed by atoms with E-state index < -0.39 is 0 Å². The summed E-state index contributed by atoms with van der Waals surface area (Å²) in [6.07, 6.45) is 4.12. The number of likely N-dealkylation sites (N-methyl/N-ethyl adjacent to an activating group) is 1. The second-order valence-corrected chi connectivity index (χ2v) is 4.55. The highest BCUT2D eigenvalue weighted by atomic mass is 15.1. The largest absolute Gasteiger partial charge is 0.316 e. The van der Waals surface area contributed by atoms with E-state index in [1.807, 2.05) is 0 Å². The van der Waals surface area contributed by atoms with Crippen molar-refractivity contribution in [2.45, 2.75) is 19.3 Å². The van der Waals surface area contributed by atoms with Crippen molar-refractivity contribution >= 4 is 0 Å². The summed E-state index contributed by atoms with van der Waals surface area (Å²) in [6.45, 7) is 5.90. The zero-order chi connectivity index (χ0) is 10.2. The molecule has 2 N–H and O–H groups in total. The fraction of sp³-hybridized carbons (Fsp3) is 1.00. The topological polar surface area (TPSA) is 27.3 Å². The highest BCUT2D eigenvalue weighted by molar-refractivity contribution is 4.69. The van der Waals surface area contributed by atoms with Crippen LogP contribution in [0.1, 0.15) is 19.3 Å². The van der Waals surface area contributed by atoms with Crippen LogP contribution in [-0.4, -0.2) is 51.7 Å². The third-order valence-electron chi connectivity index (χ3n) is 2.86. The lowest BCUT2D eigenvalue weighted by Crippen LogP contribution is -2.33. The molecule has 1 unspecified atom stereocenters. The lowest BCUT2D eigenvalue weighted by Gasteiger charge is -2.22. The molecule has 14 heavy (non-hydrogen) atoms. The fourth-order valence-corrected chi connectivity index (χ4v) is 1.90. The quantitative estimate of drug-likeness (QED) is 0.611. The predicted molar refractivity (Wildman–Crippen MR) is 61.6 cm³/mol. The van der Waals surface area contributed by atoms with Crippen molar-refractivity contribution in [2.75, 3.05) is 46.8 Å². The molecule has 3 nitrogen and oxygen atoms in total. The summed E-state index contributed by atoms with van der Waals surface area (Å²) in [4.78, 5) is 2.22. The van der Waals surface area contributed by atoms with E-state index in [2.05, 4.69) is 29.6 Å². The lowest BCUT2D eigenvalue weighted by atomic mass is 9.96. The van der Waals surface area contributed by atoms with Crippen molar-refractivity contribution in [3.8, 4) is 0 Å². The first-order valence-electron chi connectivity index (χ1n) is 5.85. The van der Waals surface area contributed by atoms with Gasteiger partial charge in [-0.15, -0.1) is 0 Å². The first kappa shape index (κ1) is 12.0. The van der Waals surface area contributed by atoms with Gasteiger partial charge in [0.25, 0.3) is 0 Å². The summed E-state index contributed by atoms with van der Waals surface area (Å²) < 4.78 is 0. The van der Waals surface area contributed by atoms with Gasteiger partial charge in [0.05, 0.1) is 0 Å². The molecule has 0 bridgehead atoms. The minimum atomic E-state index is 0.913. The Bertz CT molecular complexity index is 130. The highest BCUT2D eigenvalue weighted by Gasteiger charge is 2.11. The van der Waals surface area contributed by atoms with Gasteiger partial charge in [-0.1, -0.05) is 0 Å². The van der Waals surface area contributed by atoms with Crippen molar-refractivity contribution in [3.05, 3.63) is 0 Å². The molecule has 1 heterocycles. The average Bonchev–Trinajstić information content (AvgIpc) is 2.18. The van der Waals surface area contributed by atoms with Crippen LogP contribution in [-0.2, 0) is 0 Å². The molecule has 1 fully saturated rings. The summed E-state index contributed by atoms with van der Waals surface area (Å²) in [7, 11) is 4.24. The molecule has 0 spiro atoms. The van der Waals surface area contributed by atoms with Gasteiger partial charge in [-0.3, -0.25) is 0 Å². The van der Waals surface area contributed by atoms with E-state index in [-0.39, 0.29) is 0 Å². The van der Waals surface area contributed by atoms with Crippen molar-refractivity contribution < 1.29 is 0 Å². The first-order chi connectivity index (χ1) is 6.79. The van der Waals surface area contributed by atoms with Gasteiger partial charge in [-0.25, -0.2) is 0 Å². The Hall–Kier alpha value is -0.120. The van der Waals surface area contributed by atoms with Gasteiger partial charge < -0.3 is 15.5 Å². The van der Waals surface area contributed by atoms with E-state index >= 15 is 0 Å². The molecule has 1 atom stereocenters. The average molecular weight is 199 g/mol. The smallest absolute Gasteiger partial charge is 0.0101 e. The van der Waals surface area contributed by atoms with Gasteiger partial charge in [-0.2, -0.15) is 0 Å². The van der Waals surface area contributed by atoms with Crippen molar-refractivity contribution in [2.24, 2.45) is 5.92 Å². The summed E-state index contributed by atoms with van der Waals surface area (Å²) in [5, 5.41) is 6.95. The molecule has 0 amide bonds. The summed E-state index contributed by atoms with van der Waals surface area (Å²) in [5.74, 6) is 0.913. The molecular weight excluding hydrogens is 174 g/mol. The molecule has 3 heteroatoms. The Balaban J connectivity index is 1.87. The Morgan fingerprint density at radius 2 is 2.21 bits per heavy atom. The predicted octanol–water partition coefficient (Wildman–Crippen LogP) is 0.527. The van der Waals surface area contributed by atoms with Gasteiger partial charge in [0.1, 0.15) is 0 Å². The van der Waals surface area contributed by atoms with Crippen LogP contribution in [0.25, 0.3) is 0 Å². The number of nitrogens with zero attached hydrogens (tertiary/aromatic N) is 1. The monoisotopic (exact) mass is 199 g/mol. The second-order valence-electron chi connectivity index (χ2n) is 4.55. The van der Waals surface area contributed by atoms with Crippen LogP contribution in [0.2, 0.25) is 0 Å². The molecule has 1 aliphatic heterocycles. The number of piperidine rings is 1. The van der Waals surface area contributed by atoms with Crippen LogP contribution in [0.3, 0.4) is 0 Å². The van der Waals surface area contributed by atoms with E-state index in [1.54, 1.807) is 0 Å². The Kier molecular flexibility index (Phi) is 6.15. The number of rotatable bonds is 6. The van der Waals surface area contributed by atoms with Crippen molar-refractivity contribution in [1.82, 2.24) is 15.5 Å². The Morgan fingerprint density at radius 3 is 2.86 bits per heavy atom. The molecule has 1 saturated heterocycles. The van der Waals surface area contributed by atoms with E-state index in [0.717, 1.165) is 19.0 Å². The van der Waals surface area contributed by atoms with Crippen LogP contribution in [0, 0.1) is 5.92 Å². The normalized spacial score (nSPS) is 22.9. The number of hydrogen-bond acceptors (Lipinski definition) is 3. The first-order valence-corrected chi connectivity index (χ1v) is 5.85. The third kappa shape index (κ3) is 5.58. The minimum absolute atomic E-state index is 0.913. The van der Waals surface area contributed by atoms with Crippen LogP contribution < -0.4 is 10.6 Å². The standard InChI is InChI=1S/C11H25N3/c1-14(2)9-8-12-7-5-11-4-3-6-13-10-11/h11-13H,3-10H2,1-2H3. The van der Waals surface area contributed by atoms with Gasteiger partial charge >= 0.3 is 0 Å². The van der Waals surface area contributed by atoms with E-state index in [4.69, 9.17) is 0 Å². The molecule has 0 radical (unpaired) electrons. The molecular formula is C11H25N3. The number of nitrogens with one attached hydrogen (secondary N) is 2. The van der Waals surface area contributed by atoms with Crippen molar-refractivity contribution in [3.63, 3.8) is 0 Å². The zero-order valence-corrected chi connectivity index (χ0v) is 9.68. The Morgan fingerprint density at radius 1 is 1.36 bits per heavy atom. The summed E-state index contributed by atoms with van der Waals surface area (Å²) >= 11 is 0. The molecule has 0 aromatic rings. The molecule has 1 rings (SSSR count). The van der Waals surface area contributed by atoms with Gasteiger partial charge in [0.2, 0.25) is 0 Å². The zero-order valence-electron chi connectivity index (χ0n) is 9.68. The maximum absolute atomic E-state index is 3.49. The third-order valence-corrected chi connectivity index (χ3v) is 2.86. The molecule has 1 aliphatic rings. The Labute approximate surface area is 88.2 Å². The molecule has 84 valence electrons. The maximum Gasteiger partial charge on any atom is 0.0101 e. The molecule has 0 saturated carbocycles. The van der Waals surface area contributed by atoms with Crippen molar-refractivity contribution in [1.29, 1.82) is 0 Å². The summed E-state index contributed by atoms with van der Waals surface area (Å²) in [5.41, 5.74) is 0. The second kappa shape index (κ2) is 7.21. The van der Waals surface area contributed by atoms with Gasteiger partial charge in [0.15, 0.2) is 0 Å². The SMILES string of the molecule is CN(C)CCNCCC1CCCNC1. The van der Waals surface area contributed by atoms with Crippen LogP contribution >= 0.6 is 0 Å². The van der Waals surface area contributed by atoms with Crippen LogP contribution in [0.4, 0.5) is 0 Å². The number of hydrogen-bond donors (Lipinski definition) is 2. The summed E-state index contributed by atoms with van der Waals surface area (Å²) in [6, 6.07) is 0. The van der Waals surface area contributed by atoms with Crippen LogP contribution in [0.15, 0.2) is 0 Å². The highest BCUT2D eigenvalue weighted by Crippen LogP contribution is 2.12.